The molecule has 2 heterocycles. The van der Waals surface area contributed by atoms with Gasteiger partial charge < -0.3 is 20.5 Å². The Morgan fingerprint density at radius 3 is 1.55 bits per heavy atom. The van der Waals surface area contributed by atoms with E-state index in [0.29, 0.717) is 48.8 Å². The summed E-state index contributed by atoms with van der Waals surface area (Å²) < 4.78 is 64.7. The summed E-state index contributed by atoms with van der Waals surface area (Å²) >= 11 is 0. The summed E-state index contributed by atoms with van der Waals surface area (Å²) in [7, 11) is -7.24. The molecule has 0 unspecified atom stereocenters. The molecule has 2 aromatic heterocycles. The maximum Gasteiger partial charge on any atom is 0.268 e. The van der Waals surface area contributed by atoms with Crippen LogP contribution in [0.25, 0.3) is 21.8 Å². The maximum absolute atomic E-state index is 12.8. The molecule has 6 aromatic rings. The zero-order valence-corrected chi connectivity index (χ0v) is 28.7. The number of rotatable bonds is 12. The second-order valence-corrected chi connectivity index (χ2v) is 14.9. The Bertz CT molecular complexity index is 2250. The number of aromatic nitrogens is 2. The van der Waals surface area contributed by atoms with Gasteiger partial charge in [0.1, 0.15) is 24.7 Å². The third kappa shape index (κ3) is 8.13. The van der Waals surface area contributed by atoms with Gasteiger partial charge in [-0.2, -0.15) is 0 Å². The Balaban J connectivity index is 0.000000195. The van der Waals surface area contributed by atoms with Crippen molar-refractivity contribution < 1.29 is 31.1 Å². The van der Waals surface area contributed by atoms with Gasteiger partial charge in [0.2, 0.25) is 5.91 Å². The molecule has 3 N–H and O–H groups in total. The van der Waals surface area contributed by atoms with Gasteiger partial charge in [0.25, 0.3) is 20.0 Å². The standard InChI is InChI=1S/C20H22N2O4S.C16H16N2O3S/c1-15(2)20(23)21-11-13-26-17-8-9-19-16(14-17)10-12-22(19)27(24,25)18-6-4-3-5-7-18;17-9-11-21-14-6-7-16-13(12-14)8-10-18(16)22(19,20)15-4-2-1-3-5-15/h3-10,12,14-15H,11,13H2,1-2H3,(H,21,23);1-8,10,12H,9,11,17H2. The van der Waals surface area contributed by atoms with E-state index in [9.17, 15) is 21.6 Å². The Morgan fingerprint density at radius 1 is 0.673 bits per heavy atom. The lowest BCUT2D eigenvalue weighted by Gasteiger charge is -2.10. The van der Waals surface area contributed by atoms with E-state index < -0.39 is 20.0 Å². The smallest absolute Gasteiger partial charge is 0.268 e. The van der Waals surface area contributed by atoms with E-state index in [1.807, 2.05) is 19.9 Å². The fraction of sp³-hybridized carbons (Fsp3) is 0.194. The first kappa shape index (κ1) is 35.2. The number of fused-ring (bicyclic) bond motifs is 2. The topological polar surface area (TPSA) is 152 Å². The minimum Gasteiger partial charge on any atom is -0.492 e. The van der Waals surface area contributed by atoms with E-state index in [4.69, 9.17) is 15.2 Å². The van der Waals surface area contributed by atoms with Crippen LogP contribution < -0.4 is 20.5 Å². The second-order valence-electron chi connectivity index (χ2n) is 11.2. The number of hydrogen-bond acceptors (Lipinski definition) is 8. The predicted octanol–water partition coefficient (Wildman–Crippen LogP) is 5.25. The van der Waals surface area contributed by atoms with Gasteiger partial charge in [-0.25, -0.2) is 24.8 Å². The van der Waals surface area contributed by atoms with Crippen molar-refractivity contribution in [3.05, 3.63) is 122 Å². The van der Waals surface area contributed by atoms with Crippen LogP contribution >= 0.6 is 0 Å². The molecule has 0 radical (unpaired) electrons. The van der Waals surface area contributed by atoms with Crippen molar-refractivity contribution in [2.24, 2.45) is 11.7 Å². The fourth-order valence-electron chi connectivity index (χ4n) is 4.93. The molecule has 4 aromatic carbocycles. The van der Waals surface area contributed by atoms with Gasteiger partial charge >= 0.3 is 0 Å². The molecule has 0 bridgehead atoms. The first-order valence-corrected chi connectivity index (χ1v) is 18.5. The fourth-order valence-corrected chi connectivity index (χ4v) is 7.67. The number of benzene rings is 4. The lowest BCUT2D eigenvalue weighted by Crippen LogP contribution is -2.31. The van der Waals surface area contributed by atoms with Crippen LogP contribution in [0.15, 0.2) is 131 Å². The molecule has 0 saturated carbocycles. The van der Waals surface area contributed by atoms with E-state index >= 15 is 0 Å². The van der Waals surface area contributed by atoms with Crippen molar-refractivity contribution in [2.75, 3.05) is 26.3 Å². The van der Waals surface area contributed by atoms with Gasteiger partial charge in [0.05, 0.1) is 27.4 Å². The largest absolute Gasteiger partial charge is 0.492 e. The summed E-state index contributed by atoms with van der Waals surface area (Å²) in [4.78, 5) is 12.0. The molecule has 0 aliphatic carbocycles. The third-order valence-electron chi connectivity index (χ3n) is 7.43. The number of nitrogens with zero attached hydrogens (tertiary/aromatic N) is 2. The van der Waals surface area contributed by atoms with Crippen LogP contribution in [0, 0.1) is 5.92 Å². The SMILES string of the molecule is CC(C)C(=O)NCCOc1ccc2c(ccn2S(=O)(=O)c2ccccc2)c1.NCCOc1ccc2c(ccn2S(=O)(=O)c2ccccc2)c1. The van der Waals surface area contributed by atoms with Crippen LogP contribution in [0.2, 0.25) is 0 Å². The Hall–Kier alpha value is -5.11. The van der Waals surface area contributed by atoms with Crippen molar-refractivity contribution in [2.45, 2.75) is 23.6 Å². The molecule has 0 saturated heterocycles. The Morgan fingerprint density at radius 2 is 1.12 bits per heavy atom. The van der Waals surface area contributed by atoms with E-state index in [-0.39, 0.29) is 21.6 Å². The molecule has 0 aliphatic heterocycles. The van der Waals surface area contributed by atoms with E-state index in [1.54, 1.807) is 116 Å². The van der Waals surface area contributed by atoms with E-state index in [1.165, 1.54) is 7.94 Å². The second kappa shape index (κ2) is 15.4. The molecule has 1 amide bonds. The van der Waals surface area contributed by atoms with Crippen LogP contribution in [-0.2, 0) is 24.8 Å². The monoisotopic (exact) mass is 702 g/mol. The third-order valence-corrected chi connectivity index (χ3v) is 10.8. The van der Waals surface area contributed by atoms with Gasteiger partial charge in [-0.3, -0.25) is 4.79 Å². The molecule has 0 spiro atoms. The molecule has 11 nitrogen and oxygen atoms in total. The summed E-state index contributed by atoms with van der Waals surface area (Å²) in [5.74, 6) is 1.22. The van der Waals surface area contributed by atoms with Crippen molar-refractivity contribution >= 4 is 47.8 Å². The average Bonchev–Trinajstić information content (AvgIpc) is 3.75. The molecule has 49 heavy (non-hydrogen) atoms. The highest BCUT2D eigenvalue weighted by Crippen LogP contribution is 2.27. The van der Waals surface area contributed by atoms with Gasteiger partial charge in [-0.1, -0.05) is 50.2 Å². The summed E-state index contributed by atoms with van der Waals surface area (Å²) in [6, 6.07) is 30.7. The van der Waals surface area contributed by atoms with Crippen LogP contribution in [0.3, 0.4) is 0 Å². The van der Waals surface area contributed by atoms with Crippen molar-refractivity contribution in [3.63, 3.8) is 0 Å². The molecule has 0 aliphatic rings. The summed E-state index contributed by atoms with van der Waals surface area (Å²) in [6.07, 6.45) is 3.10. The van der Waals surface area contributed by atoms with E-state index in [0.717, 1.165) is 10.8 Å². The van der Waals surface area contributed by atoms with Crippen molar-refractivity contribution in [3.8, 4) is 11.5 Å². The number of hydrogen-bond donors (Lipinski definition) is 2. The molecule has 0 atom stereocenters. The maximum atomic E-state index is 12.8. The molecule has 256 valence electrons. The lowest BCUT2D eigenvalue weighted by atomic mass is 10.2. The molecular formula is C36H38N4O7S2. The number of nitrogens with one attached hydrogen (secondary N) is 1. The van der Waals surface area contributed by atoms with Crippen molar-refractivity contribution in [1.29, 1.82) is 0 Å². The zero-order valence-electron chi connectivity index (χ0n) is 27.1. The molecular weight excluding hydrogens is 665 g/mol. The highest BCUT2D eigenvalue weighted by atomic mass is 32.2. The number of nitrogens with two attached hydrogens (primary N) is 1. The first-order valence-electron chi connectivity index (χ1n) is 15.6. The highest BCUT2D eigenvalue weighted by Gasteiger charge is 2.20. The average molecular weight is 703 g/mol. The van der Waals surface area contributed by atoms with Gasteiger partial charge in [0.15, 0.2) is 0 Å². The number of amides is 1. The molecule has 13 heteroatoms. The Labute approximate surface area is 286 Å². The normalized spacial score (nSPS) is 11.7. The van der Waals surface area contributed by atoms with Crippen molar-refractivity contribution in [1.82, 2.24) is 13.3 Å². The number of carbonyl (C=O) groups is 1. The van der Waals surface area contributed by atoms with Gasteiger partial charge in [-0.15, -0.1) is 0 Å². The summed E-state index contributed by atoms with van der Waals surface area (Å²) in [5.41, 5.74) is 6.60. The minimum absolute atomic E-state index is 0.0164. The van der Waals surface area contributed by atoms with Gasteiger partial charge in [-0.05, 0) is 72.8 Å². The predicted molar refractivity (Wildman–Crippen MR) is 190 cm³/mol. The lowest BCUT2D eigenvalue weighted by molar-refractivity contribution is -0.124. The first-order chi connectivity index (χ1) is 23.5. The molecule has 6 rings (SSSR count). The van der Waals surface area contributed by atoms with Crippen LogP contribution in [0.5, 0.6) is 11.5 Å². The molecule has 0 fully saturated rings. The number of carbonyl (C=O) groups excluding carboxylic acids is 1. The highest BCUT2D eigenvalue weighted by molar-refractivity contribution is 7.90. The minimum atomic E-state index is -3.65. The van der Waals surface area contributed by atoms with E-state index in [2.05, 4.69) is 5.32 Å². The zero-order chi connectivity index (χ0) is 35.0. The Kier molecular flexibility index (Phi) is 11.1. The van der Waals surface area contributed by atoms with Crippen LogP contribution in [0.1, 0.15) is 13.8 Å². The quantitative estimate of drug-likeness (QED) is 0.164. The number of ether oxygens (including phenoxy) is 2. The summed E-state index contributed by atoms with van der Waals surface area (Å²) in [6.45, 7) is 5.28. The van der Waals surface area contributed by atoms with Crippen LogP contribution in [-0.4, -0.2) is 57.0 Å². The summed E-state index contributed by atoms with van der Waals surface area (Å²) in [5, 5.41) is 4.35. The van der Waals surface area contributed by atoms with Crippen LogP contribution in [0.4, 0.5) is 0 Å². The van der Waals surface area contributed by atoms with Gasteiger partial charge in [0, 0.05) is 35.6 Å².